The first kappa shape index (κ1) is 29.6. The van der Waals surface area contributed by atoms with E-state index in [1.165, 1.54) is 11.3 Å². The molecule has 8 nitrogen and oxygen atoms in total. The van der Waals surface area contributed by atoms with Crippen molar-refractivity contribution in [3.05, 3.63) is 21.1 Å². The van der Waals surface area contributed by atoms with Crippen LogP contribution in [0.15, 0.2) is 10.4 Å². The van der Waals surface area contributed by atoms with Crippen LogP contribution in [0.5, 0.6) is 0 Å². The van der Waals surface area contributed by atoms with Crippen molar-refractivity contribution in [2.45, 2.75) is 109 Å². The molecular formula is C28H40ClNO7S. The Hall–Kier alpha value is -1.36. The van der Waals surface area contributed by atoms with Crippen molar-refractivity contribution in [2.24, 2.45) is 17.3 Å². The van der Waals surface area contributed by atoms with Crippen LogP contribution in [0, 0.1) is 24.2 Å². The number of hydrogen-bond donors (Lipinski definition) is 2. The third-order valence-corrected chi connectivity index (χ3v) is 9.52. The number of rotatable bonds is 4. The molecule has 3 unspecified atom stereocenters. The maximum Gasteiger partial charge on any atom is 0.309 e. The van der Waals surface area contributed by atoms with Gasteiger partial charge in [-0.15, -0.1) is 11.3 Å². The molecule has 0 spiro atoms. The molecular weight excluding hydrogens is 530 g/mol. The van der Waals surface area contributed by atoms with Crippen molar-refractivity contribution in [2.75, 3.05) is 6.61 Å². The molecule has 4 heterocycles. The SMILES string of the molecule is Cc1nc(C=C(Cl)[C@@H]2CC3OC3(C)CCC[C@H](C)[C@@H](O)[C@@H](CC3CO3)C(=O)C(C)(C)[C@@H](O)CC(=O)O2)cs1. The third kappa shape index (κ3) is 7.04. The smallest absolute Gasteiger partial charge is 0.309 e. The number of Topliss-reactive ketones (excluding diaryl/α,β-unsaturated/α-hetero) is 1. The number of thiazole rings is 1. The van der Waals surface area contributed by atoms with Crippen LogP contribution >= 0.6 is 22.9 Å². The number of aliphatic hydroxyl groups is 2. The topological polar surface area (TPSA) is 122 Å². The Labute approximate surface area is 233 Å². The molecule has 3 fully saturated rings. The fraction of sp³-hybridized carbons (Fsp3) is 0.750. The molecule has 0 radical (unpaired) electrons. The monoisotopic (exact) mass is 569 g/mol. The molecule has 8 atom stereocenters. The standard InChI is InChI=1S/C28H40ClNO7S/c1-15-7-6-8-28(5)23(37-28)11-21(20(29)9-17-14-38-16(2)30-17)36-24(32)12-22(31)27(3,4)26(34)19(25(15)33)10-18-13-35-18/h9,14-15,18-19,21-23,25,31,33H,6-8,10-13H2,1-5H3/t15-,18?,19+,21-,22-,23?,25+,28?/m0/s1. The van der Waals surface area contributed by atoms with Crippen molar-refractivity contribution in [1.82, 2.24) is 4.98 Å². The van der Waals surface area contributed by atoms with Gasteiger partial charge in [0.1, 0.15) is 11.9 Å². The van der Waals surface area contributed by atoms with Gasteiger partial charge in [-0.3, -0.25) is 9.59 Å². The molecule has 1 aromatic heterocycles. The lowest BCUT2D eigenvalue weighted by Gasteiger charge is -2.36. The molecule has 38 heavy (non-hydrogen) atoms. The highest BCUT2D eigenvalue weighted by molar-refractivity contribution is 7.09. The van der Waals surface area contributed by atoms with Gasteiger partial charge in [0.2, 0.25) is 0 Å². The second-order valence-corrected chi connectivity index (χ2v) is 13.4. The summed E-state index contributed by atoms with van der Waals surface area (Å²) in [5, 5.41) is 25.4. The van der Waals surface area contributed by atoms with E-state index in [9.17, 15) is 19.8 Å². The molecule has 2 N–H and O–H groups in total. The van der Waals surface area contributed by atoms with Gasteiger partial charge in [-0.2, -0.15) is 0 Å². The third-order valence-electron chi connectivity index (χ3n) is 8.38. The van der Waals surface area contributed by atoms with Crippen molar-refractivity contribution in [3.8, 4) is 0 Å². The molecule has 4 rings (SSSR count). The van der Waals surface area contributed by atoms with E-state index in [-0.39, 0.29) is 35.9 Å². The zero-order valence-electron chi connectivity index (χ0n) is 22.8. The van der Waals surface area contributed by atoms with Gasteiger partial charge in [0.05, 0.1) is 64.2 Å². The van der Waals surface area contributed by atoms with Crippen LogP contribution in [-0.2, 0) is 23.8 Å². The van der Waals surface area contributed by atoms with Gasteiger partial charge < -0.3 is 24.4 Å². The van der Waals surface area contributed by atoms with Crippen LogP contribution in [0.1, 0.15) is 76.9 Å². The first-order valence-electron chi connectivity index (χ1n) is 13.5. The number of carbonyl (C=O) groups excluding carboxylic acids is 2. The molecule has 0 aliphatic carbocycles. The quantitative estimate of drug-likeness (QED) is 0.403. The van der Waals surface area contributed by atoms with Gasteiger partial charge in [0.15, 0.2) is 0 Å². The van der Waals surface area contributed by atoms with Crippen LogP contribution in [0.3, 0.4) is 0 Å². The lowest BCUT2D eigenvalue weighted by Crippen LogP contribution is -2.47. The van der Waals surface area contributed by atoms with Crippen LogP contribution in [0.2, 0.25) is 0 Å². The minimum absolute atomic E-state index is 0.0648. The zero-order valence-corrected chi connectivity index (χ0v) is 24.4. The number of epoxide rings is 2. The average molecular weight is 570 g/mol. The summed E-state index contributed by atoms with van der Waals surface area (Å²) in [5.74, 6) is -1.75. The molecule has 0 saturated carbocycles. The summed E-state index contributed by atoms with van der Waals surface area (Å²) in [6.45, 7) is 9.69. The Kier molecular flexibility index (Phi) is 9.06. The van der Waals surface area contributed by atoms with E-state index in [2.05, 4.69) is 4.98 Å². The number of cyclic esters (lactones) is 1. The number of fused-ring (bicyclic) bond motifs is 1. The summed E-state index contributed by atoms with van der Waals surface area (Å²) < 4.78 is 17.2. The molecule has 10 heteroatoms. The maximum atomic E-state index is 13.7. The molecule has 0 bridgehead atoms. The highest BCUT2D eigenvalue weighted by atomic mass is 35.5. The molecule has 212 valence electrons. The van der Waals surface area contributed by atoms with E-state index < -0.39 is 35.6 Å². The van der Waals surface area contributed by atoms with E-state index in [4.69, 9.17) is 25.8 Å². The van der Waals surface area contributed by atoms with E-state index in [0.29, 0.717) is 30.2 Å². The number of ketones is 1. The number of esters is 1. The van der Waals surface area contributed by atoms with Crippen LogP contribution in [-0.4, -0.2) is 69.7 Å². The number of carbonyl (C=O) groups is 2. The highest BCUT2D eigenvalue weighted by Crippen LogP contribution is 2.45. The van der Waals surface area contributed by atoms with Crippen molar-refractivity contribution in [3.63, 3.8) is 0 Å². The number of nitrogens with zero attached hydrogens (tertiary/aromatic N) is 1. The number of aromatic nitrogens is 1. The van der Waals surface area contributed by atoms with Crippen LogP contribution in [0.25, 0.3) is 6.08 Å². The normalized spacial score (nSPS) is 38.8. The second kappa shape index (κ2) is 11.6. The number of aliphatic hydroxyl groups excluding tert-OH is 2. The second-order valence-electron chi connectivity index (χ2n) is 11.9. The number of halogens is 1. The first-order valence-corrected chi connectivity index (χ1v) is 14.7. The Morgan fingerprint density at radius 1 is 1.29 bits per heavy atom. The minimum Gasteiger partial charge on any atom is -0.456 e. The van der Waals surface area contributed by atoms with Gasteiger partial charge in [-0.1, -0.05) is 38.8 Å². The number of hydrogen-bond acceptors (Lipinski definition) is 9. The van der Waals surface area contributed by atoms with E-state index >= 15 is 0 Å². The summed E-state index contributed by atoms with van der Waals surface area (Å²) in [6, 6.07) is 0. The van der Waals surface area contributed by atoms with Gasteiger partial charge in [0, 0.05) is 17.7 Å². The summed E-state index contributed by atoms with van der Waals surface area (Å²) in [5.41, 5.74) is -0.966. The molecule has 3 saturated heterocycles. The zero-order chi connectivity index (χ0) is 27.8. The van der Waals surface area contributed by atoms with Gasteiger partial charge in [-0.25, -0.2) is 4.98 Å². The summed E-state index contributed by atoms with van der Waals surface area (Å²) in [6.07, 6.45) is 1.26. The van der Waals surface area contributed by atoms with E-state index in [1.54, 1.807) is 19.9 Å². The largest absolute Gasteiger partial charge is 0.456 e. The molecule has 0 amide bonds. The van der Waals surface area contributed by atoms with Crippen molar-refractivity contribution >= 4 is 40.8 Å². The van der Waals surface area contributed by atoms with E-state index in [0.717, 1.165) is 24.3 Å². The average Bonchev–Trinajstić information content (AvgIpc) is 3.74. The molecule has 3 aliphatic heterocycles. The lowest BCUT2D eigenvalue weighted by atomic mass is 9.71. The first-order chi connectivity index (χ1) is 17.8. The number of ether oxygens (including phenoxy) is 3. The molecule has 0 aromatic carbocycles. The minimum atomic E-state index is -1.30. The maximum absolute atomic E-state index is 13.7. The fourth-order valence-electron chi connectivity index (χ4n) is 5.39. The van der Waals surface area contributed by atoms with Crippen molar-refractivity contribution in [1.29, 1.82) is 0 Å². The lowest BCUT2D eigenvalue weighted by molar-refractivity contribution is -0.154. The summed E-state index contributed by atoms with van der Waals surface area (Å²) in [7, 11) is 0. The Morgan fingerprint density at radius 3 is 2.63 bits per heavy atom. The predicted molar refractivity (Wildman–Crippen MR) is 145 cm³/mol. The summed E-state index contributed by atoms with van der Waals surface area (Å²) in [4.78, 5) is 31.2. The van der Waals surface area contributed by atoms with Crippen LogP contribution < -0.4 is 0 Å². The Morgan fingerprint density at radius 2 is 2.00 bits per heavy atom. The van der Waals surface area contributed by atoms with Crippen LogP contribution in [0.4, 0.5) is 0 Å². The Bertz CT molecular complexity index is 1050. The number of aryl methyl sites for hydroxylation is 1. The predicted octanol–water partition coefficient (Wildman–Crippen LogP) is 4.42. The van der Waals surface area contributed by atoms with Gasteiger partial charge in [0.25, 0.3) is 0 Å². The molecule has 3 aliphatic rings. The summed E-state index contributed by atoms with van der Waals surface area (Å²) >= 11 is 8.16. The van der Waals surface area contributed by atoms with E-state index in [1.807, 2.05) is 26.2 Å². The van der Waals surface area contributed by atoms with Gasteiger partial charge in [-0.05, 0) is 45.1 Å². The highest BCUT2D eigenvalue weighted by Gasteiger charge is 2.53. The van der Waals surface area contributed by atoms with Gasteiger partial charge >= 0.3 is 5.97 Å². The molecule has 1 aromatic rings. The fourth-order valence-corrected chi connectivity index (χ4v) is 6.21. The Balaban J connectivity index is 1.58. The van der Waals surface area contributed by atoms with Crippen molar-refractivity contribution < 1.29 is 34.0 Å².